The fourth-order valence-corrected chi connectivity index (χ4v) is 4.60. The van der Waals surface area contributed by atoms with Crippen molar-refractivity contribution in [3.05, 3.63) is 40.8 Å². The van der Waals surface area contributed by atoms with Gasteiger partial charge in [0.05, 0.1) is 4.21 Å². The molecular formula is C18H22O2S2. The first kappa shape index (κ1) is 17.1. The lowest BCUT2D eigenvalue weighted by molar-refractivity contribution is 0.0703. The summed E-state index contributed by atoms with van der Waals surface area (Å²) in [5.74, 6) is -0.851. The van der Waals surface area contributed by atoms with E-state index in [0.29, 0.717) is 10.1 Å². The van der Waals surface area contributed by atoms with Crippen molar-refractivity contribution in [1.82, 2.24) is 0 Å². The minimum atomic E-state index is -0.851. The molecule has 0 saturated carbocycles. The van der Waals surface area contributed by atoms with Crippen LogP contribution in [-0.4, -0.2) is 16.3 Å². The number of hydrogen-bond donors (Lipinski definition) is 1. The van der Waals surface area contributed by atoms with Crippen LogP contribution in [0.2, 0.25) is 0 Å². The lowest BCUT2D eigenvalue weighted by Gasteiger charge is -2.19. The molecule has 1 N–H and O–H groups in total. The third kappa shape index (κ3) is 3.93. The number of rotatable bonds is 4. The standard InChI is InChI=1S/C18H22O2S2/c1-11(2)21-15-10-14(16(22-15)17(19)20)12-6-8-13(9-7-12)18(3,4)5/h6-11H,1-5H3,(H,19,20). The Morgan fingerprint density at radius 3 is 2.23 bits per heavy atom. The fourth-order valence-electron chi connectivity index (χ4n) is 2.18. The number of thioether (sulfide) groups is 1. The van der Waals surface area contributed by atoms with Crippen molar-refractivity contribution in [2.45, 2.75) is 49.5 Å². The average Bonchev–Trinajstić information content (AvgIpc) is 2.81. The second-order valence-corrected chi connectivity index (χ2v) is 9.54. The number of thiophene rings is 1. The molecule has 0 amide bonds. The number of aromatic carboxylic acids is 1. The molecule has 0 radical (unpaired) electrons. The number of hydrogen-bond acceptors (Lipinski definition) is 3. The van der Waals surface area contributed by atoms with E-state index < -0.39 is 5.97 Å². The van der Waals surface area contributed by atoms with Gasteiger partial charge in [0.2, 0.25) is 0 Å². The number of carbonyl (C=O) groups is 1. The highest BCUT2D eigenvalue weighted by atomic mass is 32.2. The summed E-state index contributed by atoms with van der Waals surface area (Å²) in [6.45, 7) is 10.7. The molecule has 0 saturated heterocycles. The van der Waals surface area contributed by atoms with Crippen LogP contribution in [0.25, 0.3) is 11.1 Å². The Labute approximate surface area is 140 Å². The molecule has 0 aliphatic heterocycles. The van der Waals surface area contributed by atoms with E-state index in [9.17, 15) is 9.90 Å². The minimum absolute atomic E-state index is 0.0987. The monoisotopic (exact) mass is 334 g/mol. The summed E-state index contributed by atoms with van der Waals surface area (Å²) in [4.78, 5) is 11.9. The van der Waals surface area contributed by atoms with Crippen LogP contribution in [0.3, 0.4) is 0 Å². The van der Waals surface area contributed by atoms with E-state index in [4.69, 9.17) is 0 Å². The van der Waals surface area contributed by atoms with Crippen LogP contribution in [0.15, 0.2) is 34.5 Å². The Balaban J connectivity index is 2.42. The smallest absolute Gasteiger partial charge is 0.346 e. The average molecular weight is 335 g/mol. The predicted octanol–water partition coefficient (Wildman–Crippen LogP) is 5.91. The molecule has 0 bridgehead atoms. The zero-order chi connectivity index (χ0) is 16.5. The molecule has 0 fully saturated rings. The van der Waals surface area contributed by atoms with E-state index in [-0.39, 0.29) is 5.41 Å². The minimum Gasteiger partial charge on any atom is -0.477 e. The van der Waals surface area contributed by atoms with Crippen molar-refractivity contribution in [2.24, 2.45) is 0 Å². The van der Waals surface area contributed by atoms with Gasteiger partial charge < -0.3 is 5.11 Å². The van der Waals surface area contributed by atoms with E-state index in [2.05, 4.69) is 46.8 Å². The van der Waals surface area contributed by atoms with Crippen molar-refractivity contribution in [1.29, 1.82) is 0 Å². The highest BCUT2D eigenvalue weighted by Crippen LogP contribution is 2.38. The molecule has 0 unspecified atom stereocenters. The topological polar surface area (TPSA) is 37.3 Å². The second kappa shape index (κ2) is 6.47. The molecule has 0 aliphatic carbocycles. The highest BCUT2D eigenvalue weighted by molar-refractivity contribution is 8.01. The molecule has 2 rings (SSSR count). The molecule has 2 nitrogen and oxygen atoms in total. The summed E-state index contributed by atoms with van der Waals surface area (Å²) in [6, 6.07) is 10.2. The largest absolute Gasteiger partial charge is 0.477 e. The molecule has 1 aromatic carbocycles. The van der Waals surface area contributed by atoms with E-state index >= 15 is 0 Å². The maximum absolute atomic E-state index is 11.5. The van der Waals surface area contributed by atoms with Gasteiger partial charge in [-0.3, -0.25) is 0 Å². The summed E-state index contributed by atoms with van der Waals surface area (Å²) >= 11 is 3.07. The molecule has 1 heterocycles. The number of carboxylic acids is 1. The van der Waals surface area contributed by atoms with Gasteiger partial charge in [-0.05, 0) is 22.6 Å². The van der Waals surface area contributed by atoms with E-state index in [1.54, 1.807) is 11.8 Å². The first-order chi connectivity index (χ1) is 10.2. The van der Waals surface area contributed by atoms with Crippen molar-refractivity contribution >= 4 is 29.1 Å². The Bertz CT molecular complexity index is 661. The molecule has 0 atom stereocenters. The Kier molecular flexibility index (Phi) is 5.03. The van der Waals surface area contributed by atoms with Gasteiger partial charge in [0.25, 0.3) is 0 Å². The first-order valence-corrected chi connectivity index (χ1v) is 9.03. The summed E-state index contributed by atoms with van der Waals surface area (Å²) < 4.78 is 1.06. The molecule has 22 heavy (non-hydrogen) atoms. The van der Waals surface area contributed by atoms with Crippen molar-refractivity contribution in [2.75, 3.05) is 0 Å². The molecule has 0 aliphatic rings. The Morgan fingerprint density at radius 2 is 1.77 bits per heavy atom. The normalized spacial score (nSPS) is 11.9. The molecule has 2 aromatic rings. The van der Waals surface area contributed by atoms with Crippen LogP contribution < -0.4 is 0 Å². The summed E-state index contributed by atoms with van der Waals surface area (Å²) in [6.07, 6.45) is 0. The second-order valence-electron chi connectivity index (χ2n) is 6.61. The van der Waals surface area contributed by atoms with Crippen molar-refractivity contribution in [3.63, 3.8) is 0 Å². The van der Waals surface area contributed by atoms with Crippen LogP contribution in [-0.2, 0) is 5.41 Å². The van der Waals surface area contributed by atoms with Crippen LogP contribution in [0.5, 0.6) is 0 Å². The van der Waals surface area contributed by atoms with Crippen molar-refractivity contribution in [3.8, 4) is 11.1 Å². The number of benzene rings is 1. The van der Waals surface area contributed by atoms with Crippen LogP contribution >= 0.6 is 23.1 Å². The van der Waals surface area contributed by atoms with E-state index in [0.717, 1.165) is 15.3 Å². The van der Waals surface area contributed by atoms with Gasteiger partial charge in [-0.1, -0.05) is 58.9 Å². The zero-order valence-electron chi connectivity index (χ0n) is 13.6. The third-order valence-corrected chi connectivity index (χ3v) is 5.60. The van der Waals surface area contributed by atoms with Crippen LogP contribution in [0, 0.1) is 0 Å². The summed E-state index contributed by atoms with van der Waals surface area (Å²) in [7, 11) is 0. The highest BCUT2D eigenvalue weighted by Gasteiger charge is 2.19. The SMILES string of the molecule is CC(C)Sc1cc(-c2ccc(C(C)(C)C)cc2)c(C(=O)O)s1. The molecule has 4 heteroatoms. The van der Waals surface area contributed by atoms with Gasteiger partial charge in [-0.2, -0.15) is 0 Å². The van der Waals surface area contributed by atoms with Crippen LogP contribution in [0.4, 0.5) is 0 Å². The Hall–Kier alpha value is -1.26. The fraction of sp³-hybridized carbons (Fsp3) is 0.389. The maximum atomic E-state index is 11.5. The molecular weight excluding hydrogens is 312 g/mol. The summed E-state index contributed by atoms with van der Waals surface area (Å²) in [5, 5.41) is 9.90. The van der Waals surface area contributed by atoms with Gasteiger partial charge in [0, 0.05) is 10.8 Å². The molecule has 118 valence electrons. The third-order valence-electron chi connectivity index (χ3n) is 3.32. The van der Waals surface area contributed by atoms with Gasteiger partial charge in [0.15, 0.2) is 0 Å². The zero-order valence-corrected chi connectivity index (χ0v) is 15.3. The van der Waals surface area contributed by atoms with Crippen LogP contribution in [0.1, 0.15) is 49.9 Å². The van der Waals surface area contributed by atoms with Gasteiger partial charge in [-0.15, -0.1) is 23.1 Å². The summed E-state index contributed by atoms with van der Waals surface area (Å²) in [5.41, 5.74) is 3.14. The van der Waals surface area contributed by atoms with Crippen molar-refractivity contribution < 1.29 is 9.90 Å². The molecule has 1 aromatic heterocycles. The van der Waals surface area contributed by atoms with Gasteiger partial charge in [0.1, 0.15) is 4.88 Å². The predicted molar refractivity (Wildman–Crippen MR) is 96.4 cm³/mol. The van der Waals surface area contributed by atoms with Gasteiger partial charge >= 0.3 is 5.97 Å². The Morgan fingerprint density at radius 1 is 1.18 bits per heavy atom. The van der Waals surface area contributed by atoms with E-state index in [1.807, 2.05) is 18.2 Å². The lowest BCUT2D eigenvalue weighted by Crippen LogP contribution is -2.10. The maximum Gasteiger partial charge on any atom is 0.346 e. The number of carboxylic acid groups (broad SMARTS) is 1. The first-order valence-electron chi connectivity index (χ1n) is 7.33. The quantitative estimate of drug-likeness (QED) is 0.706. The molecule has 0 spiro atoms. The van der Waals surface area contributed by atoms with Gasteiger partial charge in [-0.25, -0.2) is 4.79 Å². The van der Waals surface area contributed by atoms with E-state index in [1.165, 1.54) is 16.9 Å². The lowest BCUT2D eigenvalue weighted by atomic mass is 9.86.